The average Bonchev–Trinajstić information content (AvgIpc) is 2.75. The molecule has 32 heavy (non-hydrogen) atoms. The molecule has 2 rings (SSSR count). The lowest BCUT2D eigenvalue weighted by Crippen LogP contribution is -2.46. The lowest BCUT2D eigenvalue weighted by atomic mass is 9.75. The van der Waals surface area contributed by atoms with Gasteiger partial charge in [0.05, 0.1) is 16.9 Å². The van der Waals surface area contributed by atoms with Crippen LogP contribution in [0.4, 0.5) is 19.7 Å². The van der Waals surface area contributed by atoms with Crippen molar-refractivity contribution in [3.8, 4) is 0 Å². The van der Waals surface area contributed by atoms with Crippen LogP contribution in [0.2, 0.25) is 0 Å². The van der Waals surface area contributed by atoms with Crippen LogP contribution < -0.4 is 10.4 Å². The SMILES string of the molecule is Cc1c(B2OC(C)(C)C(C)(C)O2)ccc(F)c1N(C(=O)OC(C)(C)C)C(=O)OC(C)(C)C. The molecular formula is C23H35BFNO6. The normalized spacial score (nSPS) is 17.8. The number of rotatable bonds is 2. The molecule has 0 unspecified atom stereocenters. The average molecular weight is 451 g/mol. The number of imide groups is 1. The summed E-state index contributed by atoms with van der Waals surface area (Å²) in [5, 5.41) is 0. The van der Waals surface area contributed by atoms with Gasteiger partial charge in [0.15, 0.2) is 0 Å². The highest BCUT2D eigenvalue weighted by molar-refractivity contribution is 6.62. The number of nitrogens with zero attached hydrogens (tertiary/aromatic N) is 1. The van der Waals surface area contributed by atoms with Crippen molar-refractivity contribution in [2.45, 2.75) is 98.6 Å². The summed E-state index contributed by atoms with van der Waals surface area (Å²) in [5.41, 5.74) is -2.52. The highest BCUT2D eigenvalue weighted by atomic mass is 19.1. The minimum atomic E-state index is -1.04. The molecule has 1 aliphatic heterocycles. The van der Waals surface area contributed by atoms with Crippen molar-refractivity contribution in [2.24, 2.45) is 0 Å². The van der Waals surface area contributed by atoms with E-state index in [2.05, 4.69) is 0 Å². The van der Waals surface area contributed by atoms with Gasteiger partial charge in [-0.1, -0.05) is 6.07 Å². The van der Waals surface area contributed by atoms with E-state index in [1.807, 2.05) is 27.7 Å². The molecule has 1 heterocycles. The molecule has 1 aromatic rings. The number of hydrogen-bond acceptors (Lipinski definition) is 6. The maximum atomic E-state index is 15.1. The first-order chi connectivity index (χ1) is 14.3. The van der Waals surface area contributed by atoms with E-state index in [1.54, 1.807) is 48.5 Å². The molecule has 0 aliphatic carbocycles. The van der Waals surface area contributed by atoms with Gasteiger partial charge in [0.1, 0.15) is 17.0 Å². The van der Waals surface area contributed by atoms with E-state index in [0.717, 1.165) is 0 Å². The molecule has 0 spiro atoms. The van der Waals surface area contributed by atoms with Gasteiger partial charge in [0.25, 0.3) is 0 Å². The Hall–Kier alpha value is -2.13. The second kappa shape index (κ2) is 8.34. The number of halogens is 1. The van der Waals surface area contributed by atoms with Gasteiger partial charge in [0, 0.05) is 0 Å². The van der Waals surface area contributed by atoms with Crippen LogP contribution in [-0.2, 0) is 18.8 Å². The van der Waals surface area contributed by atoms with Gasteiger partial charge in [-0.15, -0.1) is 0 Å². The zero-order chi connectivity index (χ0) is 24.9. The van der Waals surface area contributed by atoms with E-state index >= 15 is 4.39 Å². The molecule has 0 radical (unpaired) electrons. The minimum absolute atomic E-state index is 0.263. The molecule has 0 N–H and O–H groups in total. The fourth-order valence-corrected chi connectivity index (χ4v) is 3.05. The third kappa shape index (κ3) is 5.62. The van der Waals surface area contributed by atoms with Crippen molar-refractivity contribution in [3.05, 3.63) is 23.5 Å². The van der Waals surface area contributed by atoms with E-state index in [4.69, 9.17) is 18.8 Å². The van der Waals surface area contributed by atoms with Crippen molar-refractivity contribution < 1.29 is 32.8 Å². The van der Waals surface area contributed by atoms with Crippen molar-refractivity contribution in [1.82, 2.24) is 0 Å². The zero-order valence-corrected chi connectivity index (χ0v) is 21.0. The molecule has 2 amide bonds. The van der Waals surface area contributed by atoms with E-state index in [-0.39, 0.29) is 5.69 Å². The zero-order valence-electron chi connectivity index (χ0n) is 21.0. The van der Waals surface area contributed by atoms with Crippen LogP contribution >= 0.6 is 0 Å². The molecular weight excluding hydrogens is 416 g/mol. The molecule has 0 saturated carbocycles. The van der Waals surface area contributed by atoms with Gasteiger partial charge in [0.2, 0.25) is 0 Å². The number of carbonyl (C=O) groups excluding carboxylic acids is 2. The molecule has 0 atom stereocenters. The first-order valence-electron chi connectivity index (χ1n) is 10.7. The van der Waals surface area contributed by atoms with Crippen LogP contribution in [0, 0.1) is 12.7 Å². The van der Waals surface area contributed by atoms with Crippen LogP contribution in [0.25, 0.3) is 0 Å². The molecule has 0 aromatic heterocycles. The molecule has 0 bridgehead atoms. The van der Waals surface area contributed by atoms with E-state index in [1.165, 1.54) is 12.1 Å². The van der Waals surface area contributed by atoms with Crippen molar-refractivity contribution in [1.29, 1.82) is 0 Å². The standard InChI is InChI=1S/C23H35BFNO6/c1-14-15(24-31-22(8,9)23(10,11)32-24)12-13-16(25)17(14)26(18(27)29-20(2,3)4)19(28)30-21(5,6)7/h12-13H,1-11H3. The molecule has 1 aliphatic rings. The Bertz CT molecular complexity index is 857. The highest BCUT2D eigenvalue weighted by Gasteiger charge is 2.52. The summed E-state index contributed by atoms with van der Waals surface area (Å²) in [6, 6.07) is 2.70. The second-order valence-corrected chi connectivity index (χ2v) is 11.0. The number of benzene rings is 1. The first-order valence-corrected chi connectivity index (χ1v) is 10.7. The van der Waals surface area contributed by atoms with Gasteiger partial charge in [-0.25, -0.2) is 14.0 Å². The van der Waals surface area contributed by atoms with E-state index < -0.39 is 47.5 Å². The molecule has 1 fully saturated rings. The predicted molar refractivity (Wildman–Crippen MR) is 122 cm³/mol. The number of carbonyl (C=O) groups is 2. The summed E-state index contributed by atoms with van der Waals surface area (Å²) in [6.45, 7) is 19.1. The maximum Gasteiger partial charge on any atom is 0.495 e. The fourth-order valence-electron chi connectivity index (χ4n) is 3.05. The van der Waals surface area contributed by atoms with Crippen LogP contribution in [-0.4, -0.2) is 41.7 Å². The summed E-state index contributed by atoms with van der Waals surface area (Å²) in [6.07, 6.45) is -2.08. The molecule has 9 heteroatoms. The third-order valence-corrected chi connectivity index (χ3v) is 5.31. The Kier molecular flexibility index (Phi) is 6.81. The van der Waals surface area contributed by atoms with Gasteiger partial charge in [-0.2, -0.15) is 4.90 Å². The lowest BCUT2D eigenvalue weighted by Gasteiger charge is -2.32. The molecule has 7 nitrogen and oxygen atoms in total. The third-order valence-electron chi connectivity index (χ3n) is 5.31. The van der Waals surface area contributed by atoms with Crippen molar-refractivity contribution in [3.63, 3.8) is 0 Å². The monoisotopic (exact) mass is 451 g/mol. The molecule has 1 aromatic carbocycles. The fraction of sp³-hybridized carbons (Fsp3) is 0.652. The molecule has 1 saturated heterocycles. The number of amides is 2. The summed E-state index contributed by atoms with van der Waals surface area (Å²) in [5.74, 6) is -0.778. The summed E-state index contributed by atoms with van der Waals surface area (Å²) < 4.78 is 38.1. The van der Waals surface area contributed by atoms with Gasteiger partial charge in [-0.3, -0.25) is 0 Å². The highest BCUT2D eigenvalue weighted by Crippen LogP contribution is 2.37. The van der Waals surface area contributed by atoms with Crippen LogP contribution in [0.5, 0.6) is 0 Å². The number of hydrogen-bond donors (Lipinski definition) is 0. The van der Waals surface area contributed by atoms with Crippen molar-refractivity contribution in [2.75, 3.05) is 4.90 Å². The van der Waals surface area contributed by atoms with Gasteiger partial charge in [-0.05, 0) is 93.3 Å². The largest absolute Gasteiger partial charge is 0.495 e. The van der Waals surface area contributed by atoms with E-state index in [9.17, 15) is 9.59 Å². The maximum absolute atomic E-state index is 15.1. The Morgan fingerprint density at radius 3 is 1.69 bits per heavy atom. The molecule has 178 valence electrons. The summed E-state index contributed by atoms with van der Waals surface area (Å²) >= 11 is 0. The van der Waals surface area contributed by atoms with Crippen LogP contribution in [0.1, 0.15) is 74.8 Å². The van der Waals surface area contributed by atoms with E-state index in [0.29, 0.717) is 15.9 Å². The van der Waals surface area contributed by atoms with Gasteiger partial charge < -0.3 is 18.8 Å². The van der Waals surface area contributed by atoms with Gasteiger partial charge >= 0.3 is 19.3 Å². The van der Waals surface area contributed by atoms with Crippen LogP contribution in [0.15, 0.2) is 12.1 Å². The smallest absolute Gasteiger partial charge is 0.443 e. The minimum Gasteiger partial charge on any atom is -0.443 e. The summed E-state index contributed by atoms with van der Waals surface area (Å²) in [4.78, 5) is 26.6. The Labute approximate surface area is 190 Å². The second-order valence-electron chi connectivity index (χ2n) is 11.0. The predicted octanol–water partition coefficient (Wildman–Crippen LogP) is 5.11. The van der Waals surface area contributed by atoms with Crippen molar-refractivity contribution >= 4 is 30.5 Å². The Morgan fingerprint density at radius 2 is 1.31 bits per heavy atom. The summed E-state index contributed by atoms with van der Waals surface area (Å²) in [7, 11) is -0.807. The van der Waals surface area contributed by atoms with Crippen LogP contribution in [0.3, 0.4) is 0 Å². The number of ether oxygens (including phenoxy) is 2. The quantitative estimate of drug-likeness (QED) is 0.582. The topological polar surface area (TPSA) is 74.3 Å². The lowest BCUT2D eigenvalue weighted by molar-refractivity contribution is 0.00578. The first kappa shape index (κ1) is 26.1. The Balaban J connectivity index is 2.60. The number of anilines is 1. The Morgan fingerprint density at radius 1 is 0.906 bits per heavy atom.